The number of benzene rings is 2. The maximum absolute atomic E-state index is 12.9. The molecular formula is C14H9BrFN3O. The van der Waals surface area contributed by atoms with E-state index in [-0.39, 0.29) is 5.82 Å². The SMILES string of the molecule is Nc1cc(Br)ccc1-c1nc(-c2ccc(F)cc2)no1. The Hall–Kier alpha value is -2.21. The van der Waals surface area contributed by atoms with Crippen LogP contribution in [0, 0.1) is 5.82 Å². The Morgan fingerprint density at radius 2 is 1.85 bits per heavy atom. The van der Waals surface area contributed by atoms with Crippen LogP contribution in [0.4, 0.5) is 10.1 Å². The van der Waals surface area contributed by atoms with Crippen molar-refractivity contribution in [2.75, 3.05) is 5.73 Å². The first kappa shape index (κ1) is 12.8. The van der Waals surface area contributed by atoms with Crippen LogP contribution >= 0.6 is 15.9 Å². The predicted octanol–water partition coefficient (Wildman–Crippen LogP) is 3.89. The van der Waals surface area contributed by atoms with Crippen molar-refractivity contribution in [3.8, 4) is 22.8 Å². The zero-order valence-electron chi connectivity index (χ0n) is 10.2. The number of nitrogens with zero attached hydrogens (tertiary/aromatic N) is 2. The van der Waals surface area contributed by atoms with E-state index in [1.165, 1.54) is 12.1 Å². The Balaban J connectivity index is 1.99. The second kappa shape index (κ2) is 5.05. The summed E-state index contributed by atoms with van der Waals surface area (Å²) in [6, 6.07) is 11.3. The largest absolute Gasteiger partial charge is 0.398 e. The summed E-state index contributed by atoms with van der Waals surface area (Å²) in [5, 5.41) is 3.88. The number of nitrogen functional groups attached to an aromatic ring is 1. The Bertz CT molecular complexity index is 755. The van der Waals surface area contributed by atoms with E-state index in [4.69, 9.17) is 10.3 Å². The molecule has 1 aromatic heterocycles. The van der Waals surface area contributed by atoms with Crippen molar-refractivity contribution in [3.05, 3.63) is 52.8 Å². The molecule has 0 aliphatic heterocycles. The topological polar surface area (TPSA) is 64.9 Å². The van der Waals surface area contributed by atoms with E-state index in [2.05, 4.69) is 26.1 Å². The van der Waals surface area contributed by atoms with Gasteiger partial charge < -0.3 is 10.3 Å². The van der Waals surface area contributed by atoms with Gasteiger partial charge in [-0.3, -0.25) is 0 Å². The number of hydrogen-bond acceptors (Lipinski definition) is 4. The van der Waals surface area contributed by atoms with Gasteiger partial charge in [0.15, 0.2) is 0 Å². The van der Waals surface area contributed by atoms with Crippen LogP contribution in [-0.2, 0) is 0 Å². The number of anilines is 1. The van der Waals surface area contributed by atoms with Crippen molar-refractivity contribution >= 4 is 21.6 Å². The second-order valence-corrected chi connectivity index (χ2v) is 5.08. The summed E-state index contributed by atoms with van der Waals surface area (Å²) in [4.78, 5) is 4.28. The van der Waals surface area contributed by atoms with Gasteiger partial charge >= 0.3 is 0 Å². The monoisotopic (exact) mass is 333 g/mol. The van der Waals surface area contributed by atoms with Crippen LogP contribution in [0.3, 0.4) is 0 Å². The van der Waals surface area contributed by atoms with Crippen molar-refractivity contribution in [1.29, 1.82) is 0 Å². The van der Waals surface area contributed by atoms with Crippen molar-refractivity contribution in [2.45, 2.75) is 0 Å². The van der Waals surface area contributed by atoms with E-state index >= 15 is 0 Å². The number of hydrogen-bond donors (Lipinski definition) is 1. The van der Waals surface area contributed by atoms with E-state index in [0.29, 0.717) is 28.5 Å². The molecule has 100 valence electrons. The van der Waals surface area contributed by atoms with Gasteiger partial charge in [-0.1, -0.05) is 21.1 Å². The van der Waals surface area contributed by atoms with Gasteiger partial charge in [0.05, 0.1) is 5.56 Å². The minimum atomic E-state index is -0.311. The van der Waals surface area contributed by atoms with E-state index < -0.39 is 0 Å². The van der Waals surface area contributed by atoms with Crippen LogP contribution in [0.5, 0.6) is 0 Å². The molecule has 0 atom stereocenters. The summed E-state index contributed by atoms with van der Waals surface area (Å²) in [7, 11) is 0. The fraction of sp³-hybridized carbons (Fsp3) is 0. The van der Waals surface area contributed by atoms with Crippen LogP contribution < -0.4 is 5.73 Å². The lowest BCUT2D eigenvalue weighted by atomic mass is 10.2. The molecule has 0 fully saturated rings. The van der Waals surface area contributed by atoms with Crippen LogP contribution in [0.1, 0.15) is 0 Å². The maximum Gasteiger partial charge on any atom is 0.260 e. The second-order valence-electron chi connectivity index (χ2n) is 4.16. The van der Waals surface area contributed by atoms with Crippen LogP contribution in [-0.4, -0.2) is 10.1 Å². The minimum absolute atomic E-state index is 0.311. The molecule has 20 heavy (non-hydrogen) atoms. The highest BCUT2D eigenvalue weighted by Crippen LogP contribution is 2.29. The molecule has 3 aromatic rings. The van der Waals surface area contributed by atoms with Crippen molar-refractivity contribution in [1.82, 2.24) is 10.1 Å². The zero-order chi connectivity index (χ0) is 14.1. The molecule has 0 bridgehead atoms. The molecule has 0 saturated carbocycles. The van der Waals surface area contributed by atoms with Gasteiger partial charge in [-0.15, -0.1) is 0 Å². The molecule has 6 heteroatoms. The molecular weight excluding hydrogens is 325 g/mol. The van der Waals surface area contributed by atoms with Gasteiger partial charge in [0, 0.05) is 15.7 Å². The molecule has 0 unspecified atom stereocenters. The zero-order valence-corrected chi connectivity index (χ0v) is 11.8. The Kier molecular flexibility index (Phi) is 3.23. The number of nitrogens with two attached hydrogens (primary N) is 1. The third-order valence-corrected chi connectivity index (χ3v) is 3.27. The predicted molar refractivity (Wildman–Crippen MR) is 77.2 cm³/mol. The van der Waals surface area contributed by atoms with Gasteiger partial charge in [-0.25, -0.2) is 4.39 Å². The quantitative estimate of drug-likeness (QED) is 0.722. The first-order valence-corrected chi connectivity index (χ1v) is 6.58. The van der Waals surface area contributed by atoms with Gasteiger partial charge in [0.25, 0.3) is 5.89 Å². The lowest BCUT2D eigenvalue weighted by molar-refractivity contribution is 0.432. The molecule has 0 aliphatic rings. The van der Waals surface area contributed by atoms with Gasteiger partial charge in [0.2, 0.25) is 5.82 Å². The Morgan fingerprint density at radius 3 is 2.55 bits per heavy atom. The normalized spacial score (nSPS) is 10.7. The lowest BCUT2D eigenvalue weighted by Gasteiger charge is -2.00. The van der Waals surface area contributed by atoms with Crippen LogP contribution in [0.2, 0.25) is 0 Å². The Morgan fingerprint density at radius 1 is 1.10 bits per heavy atom. The summed E-state index contributed by atoms with van der Waals surface area (Å²) in [6.45, 7) is 0. The number of aromatic nitrogens is 2. The van der Waals surface area contributed by atoms with Gasteiger partial charge in [-0.2, -0.15) is 4.98 Å². The summed E-state index contributed by atoms with van der Waals surface area (Å²) < 4.78 is 19.0. The van der Waals surface area contributed by atoms with E-state index in [1.807, 2.05) is 6.07 Å². The standard InChI is InChI=1S/C14H9BrFN3O/c15-9-3-6-11(12(17)7-9)14-18-13(19-20-14)8-1-4-10(16)5-2-8/h1-7H,17H2. The lowest BCUT2D eigenvalue weighted by Crippen LogP contribution is -1.90. The molecule has 0 spiro atoms. The molecule has 3 rings (SSSR count). The molecule has 4 nitrogen and oxygen atoms in total. The fourth-order valence-corrected chi connectivity index (χ4v) is 2.16. The number of rotatable bonds is 2. The average molecular weight is 334 g/mol. The molecule has 0 aliphatic carbocycles. The highest BCUT2D eigenvalue weighted by Gasteiger charge is 2.13. The van der Waals surface area contributed by atoms with Crippen LogP contribution in [0.15, 0.2) is 51.5 Å². The fourth-order valence-electron chi connectivity index (χ4n) is 1.78. The summed E-state index contributed by atoms with van der Waals surface area (Å²) in [5.41, 5.74) is 7.79. The molecule has 0 radical (unpaired) electrons. The average Bonchev–Trinajstić information content (AvgIpc) is 2.89. The first-order chi connectivity index (χ1) is 9.63. The van der Waals surface area contributed by atoms with Gasteiger partial charge in [0.1, 0.15) is 5.82 Å². The third kappa shape index (κ3) is 2.42. The van der Waals surface area contributed by atoms with Crippen molar-refractivity contribution in [3.63, 3.8) is 0 Å². The summed E-state index contributed by atoms with van der Waals surface area (Å²) >= 11 is 3.34. The highest BCUT2D eigenvalue weighted by atomic mass is 79.9. The minimum Gasteiger partial charge on any atom is -0.398 e. The van der Waals surface area contributed by atoms with Crippen LogP contribution in [0.25, 0.3) is 22.8 Å². The third-order valence-electron chi connectivity index (χ3n) is 2.77. The molecule has 0 saturated heterocycles. The molecule has 1 heterocycles. The van der Waals surface area contributed by atoms with Gasteiger partial charge in [-0.05, 0) is 42.5 Å². The number of halogens is 2. The Labute approximate surface area is 122 Å². The van der Waals surface area contributed by atoms with E-state index in [9.17, 15) is 4.39 Å². The molecule has 2 aromatic carbocycles. The first-order valence-electron chi connectivity index (χ1n) is 5.78. The molecule has 2 N–H and O–H groups in total. The maximum atomic E-state index is 12.9. The smallest absolute Gasteiger partial charge is 0.260 e. The highest BCUT2D eigenvalue weighted by molar-refractivity contribution is 9.10. The summed E-state index contributed by atoms with van der Waals surface area (Å²) in [5.74, 6) is 0.409. The van der Waals surface area contributed by atoms with E-state index in [0.717, 1.165) is 4.47 Å². The van der Waals surface area contributed by atoms with Crippen molar-refractivity contribution < 1.29 is 8.91 Å². The summed E-state index contributed by atoms with van der Waals surface area (Å²) in [6.07, 6.45) is 0. The van der Waals surface area contributed by atoms with Crippen molar-refractivity contribution in [2.24, 2.45) is 0 Å². The molecule has 0 amide bonds. The van der Waals surface area contributed by atoms with E-state index in [1.54, 1.807) is 24.3 Å².